The standard InChI is InChI=1S/C16H24N2O3/c1-13(16(20)17-10-7-11-21-3)18(14(2)19)12-15-8-5-4-6-9-15/h4-6,8-9,13H,7,10-12H2,1-3H3,(H,17,20). The minimum Gasteiger partial charge on any atom is -0.385 e. The van der Waals surface area contributed by atoms with Crippen LogP contribution in [0.3, 0.4) is 0 Å². The van der Waals surface area contributed by atoms with Gasteiger partial charge in [0.25, 0.3) is 0 Å². The van der Waals surface area contributed by atoms with Crippen molar-refractivity contribution in [2.75, 3.05) is 20.3 Å². The Morgan fingerprint density at radius 3 is 2.52 bits per heavy atom. The number of carbonyl (C=O) groups is 2. The third-order valence-corrected chi connectivity index (χ3v) is 3.27. The van der Waals surface area contributed by atoms with Crippen LogP contribution in [0.5, 0.6) is 0 Å². The molecular formula is C16H24N2O3. The van der Waals surface area contributed by atoms with Gasteiger partial charge in [-0.3, -0.25) is 9.59 Å². The van der Waals surface area contributed by atoms with Gasteiger partial charge >= 0.3 is 0 Å². The Morgan fingerprint density at radius 2 is 1.95 bits per heavy atom. The van der Waals surface area contributed by atoms with Gasteiger partial charge in [-0.2, -0.15) is 0 Å². The zero-order chi connectivity index (χ0) is 15.7. The van der Waals surface area contributed by atoms with Crippen molar-refractivity contribution in [3.8, 4) is 0 Å². The summed E-state index contributed by atoms with van der Waals surface area (Å²) in [4.78, 5) is 25.5. The van der Waals surface area contributed by atoms with Gasteiger partial charge in [-0.25, -0.2) is 0 Å². The molecule has 0 aromatic heterocycles. The van der Waals surface area contributed by atoms with E-state index in [1.807, 2.05) is 30.3 Å². The fraction of sp³-hybridized carbons (Fsp3) is 0.500. The first-order valence-electron chi connectivity index (χ1n) is 7.14. The molecule has 0 aliphatic rings. The molecule has 0 radical (unpaired) electrons. The van der Waals surface area contributed by atoms with Crippen LogP contribution in [-0.2, 0) is 20.9 Å². The molecule has 5 heteroatoms. The van der Waals surface area contributed by atoms with Crippen LogP contribution in [0.1, 0.15) is 25.8 Å². The van der Waals surface area contributed by atoms with E-state index in [2.05, 4.69) is 5.32 Å². The second-order valence-corrected chi connectivity index (χ2v) is 4.95. The summed E-state index contributed by atoms with van der Waals surface area (Å²) in [6, 6.07) is 9.16. The second kappa shape index (κ2) is 9.13. The second-order valence-electron chi connectivity index (χ2n) is 4.95. The molecule has 0 bridgehead atoms. The van der Waals surface area contributed by atoms with Crippen molar-refractivity contribution in [1.82, 2.24) is 10.2 Å². The lowest BCUT2D eigenvalue weighted by Gasteiger charge is -2.27. The predicted molar refractivity (Wildman–Crippen MR) is 81.6 cm³/mol. The summed E-state index contributed by atoms with van der Waals surface area (Å²) >= 11 is 0. The maximum Gasteiger partial charge on any atom is 0.242 e. The van der Waals surface area contributed by atoms with Gasteiger partial charge in [-0.15, -0.1) is 0 Å². The Kier molecular flexibility index (Phi) is 7.46. The largest absolute Gasteiger partial charge is 0.385 e. The van der Waals surface area contributed by atoms with Gasteiger partial charge in [0.15, 0.2) is 0 Å². The number of hydrogen-bond donors (Lipinski definition) is 1. The number of nitrogens with one attached hydrogen (secondary N) is 1. The number of rotatable bonds is 8. The van der Waals surface area contributed by atoms with E-state index in [0.29, 0.717) is 19.7 Å². The fourth-order valence-electron chi connectivity index (χ4n) is 2.02. The first kappa shape index (κ1) is 17.2. The average Bonchev–Trinajstić information content (AvgIpc) is 2.49. The van der Waals surface area contributed by atoms with Crippen LogP contribution < -0.4 is 5.32 Å². The number of nitrogens with zero attached hydrogens (tertiary/aromatic N) is 1. The van der Waals surface area contributed by atoms with Crippen molar-refractivity contribution in [2.24, 2.45) is 0 Å². The Labute approximate surface area is 126 Å². The van der Waals surface area contributed by atoms with Gasteiger partial charge in [0.05, 0.1) is 0 Å². The van der Waals surface area contributed by atoms with Gasteiger partial charge < -0.3 is 15.0 Å². The first-order chi connectivity index (χ1) is 10.1. The fourth-order valence-corrected chi connectivity index (χ4v) is 2.02. The molecule has 0 saturated heterocycles. The third kappa shape index (κ3) is 5.95. The number of hydrogen-bond acceptors (Lipinski definition) is 3. The number of carbonyl (C=O) groups excluding carboxylic acids is 2. The number of benzene rings is 1. The van der Waals surface area contributed by atoms with E-state index < -0.39 is 6.04 Å². The molecule has 5 nitrogen and oxygen atoms in total. The van der Waals surface area contributed by atoms with Gasteiger partial charge in [-0.1, -0.05) is 30.3 Å². The highest BCUT2D eigenvalue weighted by Gasteiger charge is 2.23. The molecule has 0 fully saturated rings. The van der Waals surface area contributed by atoms with E-state index in [4.69, 9.17) is 4.74 Å². The summed E-state index contributed by atoms with van der Waals surface area (Å²) in [5.74, 6) is -0.254. The SMILES string of the molecule is COCCCNC(=O)C(C)N(Cc1ccccc1)C(C)=O. The minimum absolute atomic E-state index is 0.113. The van der Waals surface area contributed by atoms with Crippen LogP contribution in [0.15, 0.2) is 30.3 Å². The molecule has 0 aliphatic carbocycles. The molecule has 1 atom stereocenters. The molecule has 116 valence electrons. The van der Waals surface area contributed by atoms with E-state index in [0.717, 1.165) is 12.0 Å². The maximum absolute atomic E-state index is 12.1. The Hall–Kier alpha value is -1.88. The maximum atomic E-state index is 12.1. The van der Waals surface area contributed by atoms with Crippen LogP contribution in [0.4, 0.5) is 0 Å². The molecule has 0 saturated carbocycles. The van der Waals surface area contributed by atoms with Crippen molar-refractivity contribution < 1.29 is 14.3 Å². The lowest BCUT2D eigenvalue weighted by molar-refractivity contribution is -0.139. The van der Waals surface area contributed by atoms with Gasteiger partial charge in [0.1, 0.15) is 6.04 Å². The van der Waals surface area contributed by atoms with E-state index in [9.17, 15) is 9.59 Å². The molecule has 0 heterocycles. The summed E-state index contributed by atoms with van der Waals surface area (Å²) in [5, 5.41) is 2.83. The highest BCUT2D eigenvalue weighted by Crippen LogP contribution is 2.09. The monoisotopic (exact) mass is 292 g/mol. The zero-order valence-electron chi connectivity index (χ0n) is 13.0. The molecular weight excluding hydrogens is 268 g/mol. The van der Waals surface area contributed by atoms with Crippen LogP contribution in [-0.4, -0.2) is 43.0 Å². The molecule has 1 N–H and O–H groups in total. The van der Waals surface area contributed by atoms with E-state index in [1.54, 1.807) is 18.9 Å². The topological polar surface area (TPSA) is 58.6 Å². The van der Waals surface area contributed by atoms with Crippen molar-refractivity contribution in [3.05, 3.63) is 35.9 Å². The molecule has 2 amide bonds. The van der Waals surface area contributed by atoms with Gasteiger partial charge in [0.2, 0.25) is 11.8 Å². The zero-order valence-corrected chi connectivity index (χ0v) is 13.0. The van der Waals surface area contributed by atoms with Crippen LogP contribution >= 0.6 is 0 Å². The average molecular weight is 292 g/mol. The van der Waals surface area contributed by atoms with Crippen LogP contribution in [0, 0.1) is 0 Å². The van der Waals surface area contributed by atoms with Gasteiger partial charge in [-0.05, 0) is 18.9 Å². The van der Waals surface area contributed by atoms with Crippen molar-refractivity contribution >= 4 is 11.8 Å². The van der Waals surface area contributed by atoms with Crippen molar-refractivity contribution in [2.45, 2.75) is 32.9 Å². The van der Waals surface area contributed by atoms with E-state index in [1.165, 1.54) is 6.92 Å². The van der Waals surface area contributed by atoms with Crippen LogP contribution in [0.25, 0.3) is 0 Å². The Balaban J connectivity index is 2.58. The Morgan fingerprint density at radius 1 is 1.29 bits per heavy atom. The number of ether oxygens (including phenoxy) is 1. The smallest absolute Gasteiger partial charge is 0.242 e. The quantitative estimate of drug-likeness (QED) is 0.740. The summed E-state index contributed by atoms with van der Waals surface area (Å²) in [6.07, 6.45) is 0.758. The summed E-state index contributed by atoms with van der Waals surface area (Å²) in [5.41, 5.74) is 1.01. The molecule has 1 aromatic carbocycles. The summed E-state index contributed by atoms with van der Waals surface area (Å²) < 4.78 is 4.93. The summed E-state index contributed by atoms with van der Waals surface area (Å²) in [7, 11) is 1.63. The Bertz CT molecular complexity index is 448. The van der Waals surface area contributed by atoms with Crippen LogP contribution in [0.2, 0.25) is 0 Å². The lowest BCUT2D eigenvalue weighted by Crippen LogP contribution is -2.47. The molecule has 21 heavy (non-hydrogen) atoms. The van der Waals surface area contributed by atoms with E-state index >= 15 is 0 Å². The van der Waals surface area contributed by atoms with Gasteiger partial charge in [0, 0.05) is 33.7 Å². The number of amides is 2. The highest BCUT2D eigenvalue weighted by atomic mass is 16.5. The van der Waals surface area contributed by atoms with E-state index in [-0.39, 0.29) is 11.8 Å². The molecule has 1 rings (SSSR count). The first-order valence-corrected chi connectivity index (χ1v) is 7.14. The normalized spacial score (nSPS) is 11.8. The molecule has 0 aliphatic heterocycles. The van der Waals surface area contributed by atoms with Crippen molar-refractivity contribution in [3.63, 3.8) is 0 Å². The third-order valence-electron chi connectivity index (χ3n) is 3.27. The predicted octanol–water partition coefficient (Wildman–Crippen LogP) is 1.58. The molecule has 0 spiro atoms. The summed E-state index contributed by atoms with van der Waals surface area (Å²) in [6.45, 7) is 4.82. The molecule has 1 unspecified atom stereocenters. The lowest BCUT2D eigenvalue weighted by atomic mass is 10.1. The molecule has 1 aromatic rings. The minimum atomic E-state index is -0.495. The highest BCUT2D eigenvalue weighted by molar-refractivity contribution is 5.86. The number of methoxy groups -OCH3 is 1. The van der Waals surface area contributed by atoms with Crippen molar-refractivity contribution in [1.29, 1.82) is 0 Å².